The van der Waals surface area contributed by atoms with Crippen molar-refractivity contribution in [1.82, 2.24) is 14.1 Å². The Balaban J connectivity index is 1.82. The number of amides is 2. The van der Waals surface area contributed by atoms with E-state index in [2.05, 4.69) is 0 Å². The van der Waals surface area contributed by atoms with Crippen LogP contribution in [0.4, 0.5) is 4.79 Å². The van der Waals surface area contributed by atoms with Crippen LogP contribution in [0.25, 0.3) is 0 Å². The van der Waals surface area contributed by atoms with Crippen LogP contribution in [0.15, 0.2) is 29.2 Å². The number of hydrogen-bond donors (Lipinski definition) is 0. The van der Waals surface area contributed by atoms with Crippen molar-refractivity contribution < 1.29 is 13.2 Å². The number of benzene rings is 1. The molecule has 25 heavy (non-hydrogen) atoms. The first-order chi connectivity index (χ1) is 11.8. The lowest BCUT2D eigenvalue weighted by Crippen LogP contribution is -2.51. The summed E-state index contributed by atoms with van der Waals surface area (Å²) in [6.45, 7) is 7.51. The molecule has 0 N–H and O–H groups in total. The number of aryl methyl sites for hydroxylation is 1. The highest BCUT2D eigenvalue weighted by Crippen LogP contribution is 2.29. The van der Waals surface area contributed by atoms with Crippen LogP contribution >= 0.6 is 0 Å². The van der Waals surface area contributed by atoms with Gasteiger partial charge in [0.1, 0.15) is 0 Å². The van der Waals surface area contributed by atoms with Crippen molar-refractivity contribution in [3.63, 3.8) is 0 Å². The lowest BCUT2D eigenvalue weighted by Gasteiger charge is -2.35. The van der Waals surface area contributed by atoms with E-state index in [1.54, 1.807) is 36.1 Å². The molecule has 1 aromatic carbocycles. The molecule has 2 fully saturated rings. The Morgan fingerprint density at radius 1 is 1.04 bits per heavy atom. The molecule has 0 radical (unpaired) electrons. The van der Waals surface area contributed by atoms with Gasteiger partial charge in [-0.3, -0.25) is 0 Å². The standard InChI is InChI=1S/C18H27N3O3S/c1-14-7-9-17(10-8-14)25(23,24)20-13-15(2)21(16(20)3)18(22)19-11-5-4-6-12-19/h7-10,15-16H,4-6,11-13H2,1-3H3. The molecular formula is C18H27N3O3S. The molecule has 0 aromatic heterocycles. The Morgan fingerprint density at radius 3 is 2.24 bits per heavy atom. The SMILES string of the molecule is Cc1ccc(S(=O)(=O)N2CC(C)N(C(=O)N3CCCCC3)C2C)cc1. The molecule has 138 valence electrons. The van der Waals surface area contributed by atoms with Crippen molar-refractivity contribution in [1.29, 1.82) is 0 Å². The molecule has 2 saturated heterocycles. The summed E-state index contributed by atoms with van der Waals surface area (Å²) in [6, 6.07) is 6.70. The highest BCUT2D eigenvalue weighted by molar-refractivity contribution is 7.89. The van der Waals surface area contributed by atoms with Crippen LogP contribution in [-0.2, 0) is 10.0 Å². The Morgan fingerprint density at radius 2 is 1.64 bits per heavy atom. The van der Waals surface area contributed by atoms with E-state index in [0.717, 1.165) is 37.9 Å². The minimum absolute atomic E-state index is 0.0405. The fraction of sp³-hybridized carbons (Fsp3) is 0.611. The summed E-state index contributed by atoms with van der Waals surface area (Å²) in [7, 11) is -3.61. The van der Waals surface area contributed by atoms with Crippen LogP contribution in [-0.4, -0.2) is 60.4 Å². The molecule has 2 heterocycles. The molecule has 0 spiro atoms. The summed E-state index contributed by atoms with van der Waals surface area (Å²) in [5.41, 5.74) is 1.02. The normalized spacial score (nSPS) is 25.4. The summed E-state index contributed by atoms with van der Waals surface area (Å²) in [6.07, 6.45) is 2.72. The molecule has 0 bridgehead atoms. The molecular weight excluding hydrogens is 338 g/mol. The zero-order chi connectivity index (χ0) is 18.2. The second-order valence-electron chi connectivity index (χ2n) is 7.11. The third kappa shape index (κ3) is 3.40. The Labute approximate surface area is 150 Å². The fourth-order valence-electron chi connectivity index (χ4n) is 3.75. The maximum Gasteiger partial charge on any atom is 0.321 e. The van der Waals surface area contributed by atoms with Crippen LogP contribution in [0.3, 0.4) is 0 Å². The molecule has 1 aromatic rings. The second kappa shape index (κ2) is 6.96. The van der Waals surface area contributed by atoms with E-state index in [0.29, 0.717) is 6.54 Å². The molecule has 0 aliphatic carbocycles. The predicted octanol–water partition coefficient (Wildman–Crippen LogP) is 2.64. The minimum atomic E-state index is -3.61. The van der Waals surface area contributed by atoms with E-state index < -0.39 is 16.2 Å². The Bertz CT molecular complexity index is 726. The van der Waals surface area contributed by atoms with Crippen molar-refractivity contribution in [3.8, 4) is 0 Å². The monoisotopic (exact) mass is 365 g/mol. The summed E-state index contributed by atoms with van der Waals surface area (Å²) >= 11 is 0. The molecule has 2 atom stereocenters. The van der Waals surface area contributed by atoms with Gasteiger partial charge in [0, 0.05) is 25.7 Å². The van der Waals surface area contributed by atoms with Crippen LogP contribution in [0, 0.1) is 6.92 Å². The van der Waals surface area contributed by atoms with Gasteiger partial charge in [-0.15, -0.1) is 0 Å². The van der Waals surface area contributed by atoms with Crippen molar-refractivity contribution >= 4 is 16.1 Å². The number of rotatable bonds is 2. The van der Waals surface area contributed by atoms with Gasteiger partial charge in [-0.2, -0.15) is 4.31 Å². The quantitative estimate of drug-likeness (QED) is 0.809. The maximum atomic E-state index is 13.0. The number of hydrogen-bond acceptors (Lipinski definition) is 3. The summed E-state index contributed by atoms with van der Waals surface area (Å²) in [5, 5.41) is 0. The number of nitrogens with zero attached hydrogens (tertiary/aromatic N) is 3. The van der Waals surface area contributed by atoms with Crippen LogP contribution < -0.4 is 0 Å². The number of urea groups is 1. The third-order valence-electron chi connectivity index (χ3n) is 5.21. The minimum Gasteiger partial charge on any atom is -0.325 e. The maximum absolute atomic E-state index is 13.0. The number of likely N-dealkylation sites (tertiary alicyclic amines) is 1. The first kappa shape index (κ1) is 18.2. The largest absolute Gasteiger partial charge is 0.325 e. The van der Waals surface area contributed by atoms with Gasteiger partial charge in [0.25, 0.3) is 0 Å². The lowest BCUT2D eigenvalue weighted by molar-refractivity contribution is 0.121. The van der Waals surface area contributed by atoms with Gasteiger partial charge in [0.2, 0.25) is 10.0 Å². The highest BCUT2D eigenvalue weighted by Gasteiger charge is 2.45. The second-order valence-corrected chi connectivity index (χ2v) is 9.00. The zero-order valence-corrected chi connectivity index (χ0v) is 16.0. The smallest absolute Gasteiger partial charge is 0.321 e. The van der Waals surface area contributed by atoms with Gasteiger partial charge in [-0.05, 0) is 52.2 Å². The first-order valence-corrected chi connectivity index (χ1v) is 10.4. The van der Waals surface area contributed by atoms with Gasteiger partial charge in [0.15, 0.2) is 0 Å². The van der Waals surface area contributed by atoms with E-state index in [-0.39, 0.29) is 17.0 Å². The molecule has 6 nitrogen and oxygen atoms in total. The van der Waals surface area contributed by atoms with Crippen molar-refractivity contribution in [2.45, 2.75) is 57.1 Å². The average Bonchev–Trinajstić information content (AvgIpc) is 2.90. The molecule has 2 unspecified atom stereocenters. The van der Waals surface area contributed by atoms with E-state index >= 15 is 0 Å². The molecule has 3 rings (SSSR count). The molecule has 2 aliphatic heterocycles. The van der Waals surface area contributed by atoms with Crippen molar-refractivity contribution in [3.05, 3.63) is 29.8 Å². The summed E-state index contributed by atoms with van der Waals surface area (Å²) < 4.78 is 27.5. The lowest BCUT2D eigenvalue weighted by atomic mass is 10.1. The average molecular weight is 365 g/mol. The molecule has 7 heteroatoms. The first-order valence-electron chi connectivity index (χ1n) is 8.98. The topological polar surface area (TPSA) is 60.9 Å². The Kier molecular flexibility index (Phi) is 5.06. The van der Waals surface area contributed by atoms with Crippen molar-refractivity contribution in [2.75, 3.05) is 19.6 Å². The highest BCUT2D eigenvalue weighted by atomic mass is 32.2. The number of piperidine rings is 1. The molecule has 2 amide bonds. The van der Waals surface area contributed by atoms with Gasteiger partial charge in [-0.25, -0.2) is 13.2 Å². The van der Waals surface area contributed by atoms with E-state index in [4.69, 9.17) is 0 Å². The molecule has 0 saturated carbocycles. The zero-order valence-electron chi connectivity index (χ0n) is 15.2. The predicted molar refractivity (Wildman–Crippen MR) is 96.7 cm³/mol. The number of carbonyl (C=O) groups excluding carboxylic acids is 1. The van der Waals surface area contributed by atoms with Gasteiger partial charge < -0.3 is 9.80 Å². The van der Waals surface area contributed by atoms with E-state index in [9.17, 15) is 13.2 Å². The van der Waals surface area contributed by atoms with E-state index in [1.807, 2.05) is 18.7 Å². The van der Waals surface area contributed by atoms with Gasteiger partial charge in [0.05, 0.1) is 11.1 Å². The fourth-order valence-corrected chi connectivity index (χ4v) is 5.42. The van der Waals surface area contributed by atoms with E-state index in [1.165, 1.54) is 4.31 Å². The summed E-state index contributed by atoms with van der Waals surface area (Å²) in [5.74, 6) is 0. The third-order valence-corrected chi connectivity index (χ3v) is 7.15. The number of carbonyl (C=O) groups is 1. The Hall–Kier alpha value is -1.60. The van der Waals surface area contributed by atoms with Crippen molar-refractivity contribution in [2.24, 2.45) is 0 Å². The number of sulfonamides is 1. The van der Waals surface area contributed by atoms with Crippen LogP contribution in [0.2, 0.25) is 0 Å². The molecule has 2 aliphatic rings. The summed E-state index contributed by atoms with van der Waals surface area (Å²) in [4.78, 5) is 16.8. The van der Waals surface area contributed by atoms with Crippen LogP contribution in [0.1, 0.15) is 38.7 Å². The van der Waals surface area contributed by atoms with Gasteiger partial charge in [-0.1, -0.05) is 17.7 Å². The van der Waals surface area contributed by atoms with Crippen LogP contribution in [0.5, 0.6) is 0 Å². The van der Waals surface area contributed by atoms with Gasteiger partial charge >= 0.3 is 6.03 Å².